The Kier molecular flexibility index (Phi) is 2.39. The summed E-state index contributed by atoms with van der Waals surface area (Å²) in [7, 11) is 0. The maximum Gasteiger partial charge on any atom is 0.133 e. The maximum atomic E-state index is 4.70. The van der Waals surface area contributed by atoms with Crippen LogP contribution in [-0.2, 0) is 12.8 Å². The zero-order chi connectivity index (χ0) is 11.8. The molecule has 1 aliphatic heterocycles. The molecule has 0 atom stereocenters. The molecule has 2 heterocycles. The molecule has 0 fully saturated rings. The number of aryl methyl sites for hydroxylation is 2. The third kappa shape index (κ3) is 1.62. The molecule has 88 valence electrons. The van der Waals surface area contributed by atoms with Gasteiger partial charge in [-0.15, -0.1) is 0 Å². The van der Waals surface area contributed by atoms with Crippen molar-refractivity contribution in [2.24, 2.45) is 0 Å². The fraction of sp³-hybridized carbons (Fsp3) is 0.357. The highest BCUT2D eigenvalue weighted by molar-refractivity contribution is 5.57. The second-order valence-corrected chi connectivity index (χ2v) is 4.55. The summed E-state index contributed by atoms with van der Waals surface area (Å²) < 4.78 is 2.04. The van der Waals surface area contributed by atoms with Gasteiger partial charge < -0.3 is 5.32 Å². The highest BCUT2D eigenvalue weighted by atomic mass is 15.3. The average molecular weight is 227 g/mol. The maximum absolute atomic E-state index is 4.70. The van der Waals surface area contributed by atoms with Crippen molar-refractivity contribution < 1.29 is 0 Å². The number of hydrogen-bond donors (Lipinski definition) is 1. The predicted octanol–water partition coefficient (Wildman–Crippen LogP) is 2.71. The summed E-state index contributed by atoms with van der Waals surface area (Å²) in [6, 6.07) is 8.51. The van der Waals surface area contributed by atoms with E-state index in [4.69, 9.17) is 5.10 Å². The first-order valence-electron chi connectivity index (χ1n) is 6.21. The van der Waals surface area contributed by atoms with E-state index in [0.29, 0.717) is 0 Å². The third-order valence-electron chi connectivity index (χ3n) is 3.35. The molecule has 0 radical (unpaired) electrons. The lowest BCUT2D eigenvalue weighted by molar-refractivity contribution is 0.832. The van der Waals surface area contributed by atoms with Gasteiger partial charge in [0, 0.05) is 12.1 Å². The van der Waals surface area contributed by atoms with Gasteiger partial charge in [-0.3, -0.25) is 0 Å². The Hall–Kier alpha value is -1.77. The molecule has 3 nitrogen and oxygen atoms in total. The number of anilines is 1. The average Bonchev–Trinajstić information content (AvgIpc) is 2.91. The summed E-state index contributed by atoms with van der Waals surface area (Å²) >= 11 is 0. The molecule has 1 aromatic heterocycles. The first-order chi connectivity index (χ1) is 8.29. The molecule has 1 aromatic carbocycles. The van der Waals surface area contributed by atoms with Gasteiger partial charge >= 0.3 is 0 Å². The summed E-state index contributed by atoms with van der Waals surface area (Å²) in [5.41, 5.74) is 5.04. The van der Waals surface area contributed by atoms with Crippen LogP contribution in [0.2, 0.25) is 0 Å². The number of benzene rings is 1. The standard InChI is InChI=1S/C14H17N3/c1-3-13-12-8-9-15-14(12)17(16-13)11-6-4-10(2)5-7-11/h4-7,15H,3,8-9H2,1-2H3. The first-order valence-corrected chi connectivity index (χ1v) is 6.21. The number of nitrogens with one attached hydrogen (secondary N) is 1. The molecule has 1 aliphatic rings. The number of fused-ring (bicyclic) bond motifs is 1. The molecule has 3 heteroatoms. The highest BCUT2D eigenvalue weighted by Gasteiger charge is 2.21. The molecule has 0 unspecified atom stereocenters. The van der Waals surface area contributed by atoms with Crippen LogP contribution in [0.25, 0.3) is 5.69 Å². The topological polar surface area (TPSA) is 29.9 Å². The number of nitrogens with zero attached hydrogens (tertiary/aromatic N) is 2. The molecule has 0 saturated heterocycles. The molecule has 0 amide bonds. The largest absolute Gasteiger partial charge is 0.369 e. The van der Waals surface area contributed by atoms with Crippen molar-refractivity contribution in [1.29, 1.82) is 0 Å². The molecule has 0 aliphatic carbocycles. The minimum absolute atomic E-state index is 1.00. The van der Waals surface area contributed by atoms with Crippen LogP contribution >= 0.6 is 0 Å². The monoisotopic (exact) mass is 227 g/mol. The van der Waals surface area contributed by atoms with Crippen LogP contribution in [0, 0.1) is 6.92 Å². The first kappa shape index (κ1) is 10.4. The van der Waals surface area contributed by atoms with Crippen LogP contribution in [0.4, 0.5) is 5.82 Å². The number of aromatic nitrogens is 2. The molecular weight excluding hydrogens is 210 g/mol. The number of hydrogen-bond acceptors (Lipinski definition) is 2. The van der Waals surface area contributed by atoms with Gasteiger partial charge in [0.25, 0.3) is 0 Å². The second-order valence-electron chi connectivity index (χ2n) is 4.55. The van der Waals surface area contributed by atoms with Gasteiger partial charge in [-0.25, -0.2) is 4.68 Å². The van der Waals surface area contributed by atoms with E-state index in [1.165, 1.54) is 22.6 Å². The van der Waals surface area contributed by atoms with E-state index in [2.05, 4.69) is 43.4 Å². The van der Waals surface area contributed by atoms with Crippen LogP contribution in [0.1, 0.15) is 23.7 Å². The van der Waals surface area contributed by atoms with Gasteiger partial charge in [-0.2, -0.15) is 5.10 Å². The third-order valence-corrected chi connectivity index (χ3v) is 3.35. The van der Waals surface area contributed by atoms with Crippen molar-refractivity contribution >= 4 is 5.82 Å². The fourth-order valence-electron chi connectivity index (χ4n) is 2.40. The Labute approximate surface area is 101 Å². The van der Waals surface area contributed by atoms with E-state index >= 15 is 0 Å². The van der Waals surface area contributed by atoms with Gasteiger partial charge in [-0.1, -0.05) is 24.6 Å². The second kappa shape index (κ2) is 3.91. The lowest BCUT2D eigenvalue weighted by Crippen LogP contribution is -2.04. The quantitative estimate of drug-likeness (QED) is 0.855. The minimum atomic E-state index is 1.00. The Bertz CT molecular complexity index is 537. The smallest absolute Gasteiger partial charge is 0.133 e. The molecule has 2 aromatic rings. The van der Waals surface area contributed by atoms with E-state index in [9.17, 15) is 0 Å². The fourth-order valence-corrected chi connectivity index (χ4v) is 2.40. The van der Waals surface area contributed by atoms with Gasteiger partial charge in [0.1, 0.15) is 5.82 Å². The van der Waals surface area contributed by atoms with Gasteiger partial charge in [0.05, 0.1) is 11.4 Å². The van der Waals surface area contributed by atoms with Crippen molar-refractivity contribution in [3.05, 3.63) is 41.1 Å². The zero-order valence-electron chi connectivity index (χ0n) is 10.3. The molecule has 3 rings (SSSR count). The highest BCUT2D eigenvalue weighted by Crippen LogP contribution is 2.28. The summed E-state index contributed by atoms with van der Waals surface area (Å²) in [6.07, 6.45) is 2.10. The summed E-state index contributed by atoms with van der Waals surface area (Å²) in [4.78, 5) is 0. The van der Waals surface area contributed by atoms with E-state index in [-0.39, 0.29) is 0 Å². The van der Waals surface area contributed by atoms with Crippen molar-refractivity contribution in [2.75, 3.05) is 11.9 Å². The molecular formula is C14H17N3. The Balaban J connectivity index is 2.12. The van der Waals surface area contributed by atoms with E-state index in [0.717, 1.165) is 25.1 Å². The Morgan fingerprint density at radius 3 is 2.76 bits per heavy atom. The van der Waals surface area contributed by atoms with Crippen LogP contribution in [-0.4, -0.2) is 16.3 Å². The molecule has 0 saturated carbocycles. The molecule has 0 bridgehead atoms. The van der Waals surface area contributed by atoms with Crippen LogP contribution in [0.5, 0.6) is 0 Å². The van der Waals surface area contributed by atoms with E-state index < -0.39 is 0 Å². The zero-order valence-corrected chi connectivity index (χ0v) is 10.3. The van der Waals surface area contributed by atoms with Crippen molar-refractivity contribution in [2.45, 2.75) is 26.7 Å². The Morgan fingerprint density at radius 2 is 2.06 bits per heavy atom. The van der Waals surface area contributed by atoms with Crippen LogP contribution < -0.4 is 5.32 Å². The van der Waals surface area contributed by atoms with Crippen LogP contribution in [0.15, 0.2) is 24.3 Å². The normalized spacial score (nSPS) is 13.5. The molecule has 0 spiro atoms. The summed E-state index contributed by atoms with van der Waals surface area (Å²) in [6.45, 7) is 5.31. The molecule has 17 heavy (non-hydrogen) atoms. The van der Waals surface area contributed by atoms with Crippen molar-refractivity contribution in [1.82, 2.24) is 9.78 Å². The van der Waals surface area contributed by atoms with Gasteiger partial charge in [0.15, 0.2) is 0 Å². The molecule has 1 N–H and O–H groups in total. The predicted molar refractivity (Wildman–Crippen MR) is 69.9 cm³/mol. The number of rotatable bonds is 2. The Morgan fingerprint density at radius 1 is 1.29 bits per heavy atom. The SMILES string of the molecule is CCc1nn(-c2ccc(C)cc2)c2c1CCN2. The van der Waals surface area contributed by atoms with Gasteiger partial charge in [-0.05, 0) is 31.9 Å². The minimum Gasteiger partial charge on any atom is -0.369 e. The van der Waals surface area contributed by atoms with Crippen molar-refractivity contribution in [3.8, 4) is 5.69 Å². The van der Waals surface area contributed by atoms with Crippen molar-refractivity contribution in [3.63, 3.8) is 0 Å². The summed E-state index contributed by atoms with van der Waals surface area (Å²) in [5.74, 6) is 1.19. The van der Waals surface area contributed by atoms with Crippen LogP contribution in [0.3, 0.4) is 0 Å². The van der Waals surface area contributed by atoms with E-state index in [1.54, 1.807) is 0 Å². The lowest BCUT2D eigenvalue weighted by Gasteiger charge is -2.06. The van der Waals surface area contributed by atoms with E-state index in [1.807, 2.05) is 4.68 Å². The lowest BCUT2D eigenvalue weighted by atomic mass is 10.2. The summed E-state index contributed by atoms with van der Waals surface area (Å²) in [5, 5.41) is 8.14. The van der Waals surface area contributed by atoms with Gasteiger partial charge in [0.2, 0.25) is 0 Å².